The highest BCUT2D eigenvalue weighted by Crippen LogP contribution is 2.19. The molecule has 0 saturated carbocycles. The topological polar surface area (TPSA) is 62.7 Å². The molecule has 1 fully saturated rings. The Kier molecular flexibility index (Phi) is 4.74. The van der Waals surface area contributed by atoms with Crippen LogP contribution >= 0.6 is 0 Å². The zero-order chi connectivity index (χ0) is 13.7. The van der Waals surface area contributed by atoms with Crippen LogP contribution in [0.3, 0.4) is 0 Å². The van der Waals surface area contributed by atoms with Crippen LogP contribution in [0, 0.1) is 0 Å². The number of aromatic nitrogens is 1. The van der Waals surface area contributed by atoms with Crippen LogP contribution in [0.25, 0.3) is 0 Å². The summed E-state index contributed by atoms with van der Waals surface area (Å²) in [5.41, 5.74) is 0.854. The zero-order valence-electron chi connectivity index (χ0n) is 11.2. The lowest BCUT2D eigenvalue weighted by atomic mass is 10.1. The number of likely N-dealkylation sites (tertiary alicyclic amines) is 1. The first kappa shape index (κ1) is 13.8. The van der Waals surface area contributed by atoms with Crippen molar-refractivity contribution in [3.63, 3.8) is 0 Å². The summed E-state index contributed by atoms with van der Waals surface area (Å²) in [4.78, 5) is 17.7. The average molecular weight is 264 g/mol. The van der Waals surface area contributed by atoms with Gasteiger partial charge in [-0.2, -0.15) is 0 Å². The minimum atomic E-state index is -0.732. The number of pyridine rings is 1. The average Bonchev–Trinajstić information content (AvgIpc) is 2.64. The lowest BCUT2D eigenvalue weighted by molar-refractivity contribution is -0.143. The van der Waals surface area contributed by atoms with Gasteiger partial charge < -0.3 is 9.84 Å². The van der Waals surface area contributed by atoms with Gasteiger partial charge in [0.25, 0.3) is 0 Å². The Hall–Kier alpha value is -1.62. The highest BCUT2D eigenvalue weighted by Gasteiger charge is 2.27. The predicted molar refractivity (Wildman–Crippen MR) is 71.1 cm³/mol. The second-order valence-electron chi connectivity index (χ2n) is 4.85. The standard InChI is InChI=1S/C14H20N2O3/c1-19-13-8-5-6-11(15-13)10-16-9-4-2-3-7-12(16)14(17)18/h5-6,8,12H,2-4,7,9-10H2,1H3,(H,17,18). The molecule has 2 heterocycles. The Labute approximate surface area is 113 Å². The smallest absolute Gasteiger partial charge is 0.320 e. The molecule has 0 amide bonds. The fourth-order valence-electron chi connectivity index (χ4n) is 2.50. The van der Waals surface area contributed by atoms with E-state index in [9.17, 15) is 9.90 Å². The van der Waals surface area contributed by atoms with E-state index in [4.69, 9.17) is 4.74 Å². The van der Waals surface area contributed by atoms with Crippen molar-refractivity contribution < 1.29 is 14.6 Å². The Morgan fingerprint density at radius 1 is 1.47 bits per heavy atom. The molecular formula is C14H20N2O3. The van der Waals surface area contributed by atoms with Crippen LogP contribution in [0.15, 0.2) is 18.2 Å². The highest BCUT2D eigenvalue weighted by molar-refractivity contribution is 5.73. The maximum atomic E-state index is 11.3. The third-order valence-electron chi connectivity index (χ3n) is 3.50. The normalized spacial score (nSPS) is 20.8. The summed E-state index contributed by atoms with van der Waals surface area (Å²) in [6, 6.07) is 5.19. The number of carboxylic acid groups (broad SMARTS) is 1. The van der Waals surface area contributed by atoms with E-state index in [1.54, 1.807) is 13.2 Å². The molecule has 1 unspecified atom stereocenters. The molecule has 1 atom stereocenters. The summed E-state index contributed by atoms with van der Waals surface area (Å²) in [5.74, 6) is -0.163. The Morgan fingerprint density at radius 2 is 2.32 bits per heavy atom. The van der Waals surface area contributed by atoms with E-state index >= 15 is 0 Å². The Bertz CT molecular complexity index is 436. The van der Waals surface area contributed by atoms with Gasteiger partial charge in [-0.1, -0.05) is 18.9 Å². The largest absolute Gasteiger partial charge is 0.481 e. The van der Waals surface area contributed by atoms with Crippen molar-refractivity contribution in [2.75, 3.05) is 13.7 Å². The summed E-state index contributed by atoms with van der Waals surface area (Å²) in [6.45, 7) is 1.38. The van der Waals surface area contributed by atoms with Crippen molar-refractivity contribution in [1.82, 2.24) is 9.88 Å². The summed E-state index contributed by atoms with van der Waals surface area (Å²) >= 11 is 0. The lowest BCUT2D eigenvalue weighted by Gasteiger charge is -2.26. The molecule has 5 nitrogen and oxygen atoms in total. The summed E-state index contributed by atoms with van der Waals surface area (Å²) in [6.07, 6.45) is 3.86. The first-order valence-electron chi connectivity index (χ1n) is 6.67. The van der Waals surface area contributed by atoms with Crippen molar-refractivity contribution in [3.05, 3.63) is 23.9 Å². The van der Waals surface area contributed by atoms with E-state index in [-0.39, 0.29) is 0 Å². The van der Waals surface area contributed by atoms with Crippen LogP contribution in [0.4, 0.5) is 0 Å². The molecule has 5 heteroatoms. The van der Waals surface area contributed by atoms with Gasteiger partial charge in [-0.15, -0.1) is 0 Å². The van der Waals surface area contributed by atoms with Gasteiger partial charge in [-0.3, -0.25) is 9.69 Å². The molecule has 0 aliphatic carbocycles. The number of methoxy groups -OCH3 is 1. The first-order chi connectivity index (χ1) is 9.20. The molecule has 0 spiro atoms. The summed E-state index contributed by atoms with van der Waals surface area (Å²) in [7, 11) is 1.58. The van der Waals surface area contributed by atoms with Crippen molar-refractivity contribution in [1.29, 1.82) is 0 Å². The van der Waals surface area contributed by atoms with Crippen LogP contribution < -0.4 is 4.74 Å². The van der Waals surface area contributed by atoms with Gasteiger partial charge in [-0.25, -0.2) is 4.98 Å². The summed E-state index contributed by atoms with van der Waals surface area (Å²) in [5, 5.41) is 9.33. The second-order valence-corrected chi connectivity index (χ2v) is 4.85. The molecule has 0 bridgehead atoms. The number of ether oxygens (including phenoxy) is 1. The van der Waals surface area contributed by atoms with Crippen molar-refractivity contribution >= 4 is 5.97 Å². The summed E-state index contributed by atoms with van der Waals surface area (Å²) < 4.78 is 5.10. The predicted octanol–water partition coefficient (Wildman–Crippen LogP) is 1.92. The van der Waals surface area contributed by atoms with Crippen molar-refractivity contribution in [2.45, 2.75) is 38.3 Å². The van der Waals surface area contributed by atoms with E-state index in [0.717, 1.165) is 37.9 Å². The lowest BCUT2D eigenvalue weighted by Crippen LogP contribution is -2.40. The molecular weight excluding hydrogens is 244 g/mol. The quantitative estimate of drug-likeness (QED) is 0.900. The number of hydrogen-bond acceptors (Lipinski definition) is 4. The number of rotatable bonds is 4. The van der Waals surface area contributed by atoms with Gasteiger partial charge in [0.15, 0.2) is 0 Å². The molecule has 1 aliphatic rings. The molecule has 0 radical (unpaired) electrons. The monoisotopic (exact) mass is 264 g/mol. The van der Waals surface area contributed by atoms with E-state index in [1.807, 2.05) is 17.0 Å². The van der Waals surface area contributed by atoms with Crippen LogP contribution in [0.2, 0.25) is 0 Å². The molecule has 1 N–H and O–H groups in total. The van der Waals surface area contributed by atoms with Gasteiger partial charge >= 0.3 is 5.97 Å². The molecule has 1 saturated heterocycles. The van der Waals surface area contributed by atoms with Gasteiger partial charge in [0, 0.05) is 12.6 Å². The van der Waals surface area contributed by atoms with E-state index in [1.165, 1.54) is 0 Å². The van der Waals surface area contributed by atoms with Gasteiger partial charge in [0.1, 0.15) is 6.04 Å². The Morgan fingerprint density at radius 3 is 3.05 bits per heavy atom. The number of aliphatic carboxylic acids is 1. The molecule has 1 aliphatic heterocycles. The molecule has 1 aromatic rings. The van der Waals surface area contributed by atoms with E-state index < -0.39 is 12.0 Å². The molecule has 104 valence electrons. The molecule has 1 aromatic heterocycles. The maximum Gasteiger partial charge on any atom is 0.320 e. The first-order valence-corrected chi connectivity index (χ1v) is 6.67. The minimum Gasteiger partial charge on any atom is -0.481 e. The third kappa shape index (κ3) is 3.67. The number of hydrogen-bond donors (Lipinski definition) is 1. The zero-order valence-corrected chi connectivity index (χ0v) is 11.2. The van der Waals surface area contributed by atoms with Gasteiger partial charge in [0.05, 0.1) is 12.8 Å². The third-order valence-corrected chi connectivity index (χ3v) is 3.50. The highest BCUT2D eigenvalue weighted by atomic mass is 16.5. The Balaban J connectivity index is 2.11. The van der Waals surface area contributed by atoms with Gasteiger partial charge in [0.2, 0.25) is 5.88 Å². The number of nitrogens with zero attached hydrogens (tertiary/aromatic N) is 2. The number of carboxylic acids is 1. The molecule has 19 heavy (non-hydrogen) atoms. The van der Waals surface area contributed by atoms with Crippen LogP contribution in [0.5, 0.6) is 5.88 Å². The molecule has 0 aromatic carbocycles. The van der Waals surface area contributed by atoms with Crippen LogP contribution in [0.1, 0.15) is 31.4 Å². The van der Waals surface area contributed by atoms with Crippen LogP contribution in [-0.2, 0) is 11.3 Å². The minimum absolute atomic E-state index is 0.393. The van der Waals surface area contributed by atoms with Crippen LogP contribution in [-0.4, -0.2) is 40.7 Å². The molecule has 2 rings (SSSR count). The van der Waals surface area contributed by atoms with Crippen molar-refractivity contribution in [3.8, 4) is 5.88 Å². The number of carbonyl (C=O) groups is 1. The second kappa shape index (κ2) is 6.52. The fraction of sp³-hybridized carbons (Fsp3) is 0.571. The SMILES string of the molecule is COc1cccc(CN2CCCCCC2C(=O)O)n1. The van der Waals surface area contributed by atoms with E-state index in [2.05, 4.69) is 4.98 Å². The van der Waals surface area contributed by atoms with Crippen molar-refractivity contribution in [2.24, 2.45) is 0 Å². The maximum absolute atomic E-state index is 11.3. The van der Waals surface area contributed by atoms with Gasteiger partial charge in [-0.05, 0) is 25.5 Å². The van der Waals surface area contributed by atoms with E-state index in [0.29, 0.717) is 12.4 Å². The fourth-order valence-corrected chi connectivity index (χ4v) is 2.50.